The van der Waals surface area contributed by atoms with Gasteiger partial charge >= 0.3 is 0 Å². The third kappa shape index (κ3) is 5.53. The van der Waals surface area contributed by atoms with Gasteiger partial charge in [-0.25, -0.2) is 4.39 Å². The van der Waals surface area contributed by atoms with Crippen LogP contribution < -0.4 is 10.1 Å². The van der Waals surface area contributed by atoms with E-state index in [1.54, 1.807) is 25.3 Å². The van der Waals surface area contributed by atoms with Gasteiger partial charge in [-0.3, -0.25) is 14.6 Å². The number of rotatable bonds is 7. The van der Waals surface area contributed by atoms with Crippen molar-refractivity contribution in [2.45, 2.75) is 20.0 Å². The zero-order valence-electron chi connectivity index (χ0n) is 16.6. The summed E-state index contributed by atoms with van der Waals surface area (Å²) in [6, 6.07) is 12.7. The molecule has 28 heavy (non-hydrogen) atoms. The zero-order chi connectivity index (χ0) is 19.9. The molecule has 1 N–H and O–H groups in total. The molecule has 1 saturated heterocycles. The Morgan fingerprint density at radius 2 is 1.79 bits per heavy atom. The Bertz CT molecular complexity index is 804. The van der Waals surface area contributed by atoms with Gasteiger partial charge in [-0.15, -0.1) is 0 Å². The van der Waals surface area contributed by atoms with Gasteiger partial charge in [0.05, 0.1) is 13.7 Å². The monoisotopic (exact) mass is 385 g/mol. The van der Waals surface area contributed by atoms with Gasteiger partial charge in [0.25, 0.3) is 0 Å². The van der Waals surface area contributed by atoms with E-state index in [1.807, 2.05) is 6.07 Å². The maximum absolute atomic E-state index is 13.6. The standard InChI is InChI=1S/C22H28FN3O2/c1-17-7-8-21(28-2)19(13-17)15-25-9-11-26(12-10-25)16-22(27)24-14-18-5-3-4-6-20(18)23/h3-8,13H,9-12,14-16H2,1-2H3,(H,24,27). The van der Waals surface area contributed by atoms with Crippen LogP contribution in [-0.4, -0.2) is 55.5 Å². The molecule has 1 aliphatic rings. The van der Waals surface area contributed by atoms with Crippen LogP contribution >= 0.6 is 0 Å². The molecule has 2 aromatic rings. The molecule has 1 aliphatic heterocycles. The summed E-state index contributed by atoms with van der Waals surface area (Å²) in [7, 11) is 1.70. The van der Waals surface area contributed by atoms with Crippen LogP contribution in [0.15, 0.2) is 42.5 Å². The predicted octanol–water partition coefficient (Wildman–Crippen LogP) is 2.58. The lowest BCUT2D eigenvalue weighted by Gasteiger charge is -2.34. The van der Waals surface area contributed by atoms with Crippen LogP contribution in [0.5, 0.6) is 5.75 Å². The summed E-state index contributed by atoms with van der Waals surface area (Å²) in [5.41, 5.74) is 2.92. The molecule has 2 aromatic carbocycles. The van der Waals surface area contributed by atoms with Crippen LogP contribution in [0.3, 0.4) is 0 Å². The molecule has 1 amide bonds. The van der Waals surface area contributed by atoms with E-state index in [9.17, 15) is 9.18 Å². The normalized spacial score (nSPS) is 15.4. The van der Waals surface area contributed by atoms with E-state index < -0.39 is 0 Å². The fourth-order valence-electron chi connectivity index (χ4n) is 3.47. The van der Waals surface area contributed by atoms with E-state index in [2.05, 4.69) is 34.2 Å². The van der Waals surface area contributed by atoms with Gasteiger partial charge in [0.2, 0.25) is 5.91 Å². The maximum atomic E-state index is 13.6. The maximum Gasteiger partial charge on any atom is 0.234 e. The number of nitrogens with zero attached hydrogens (tertiary/aromatic N) is 2. The molecule has 5 nitrogen and oxygen atoms in total. The molecule has 0 unspecified atom stereocenters. The minimum Gasteiger partial charge on any atom is -0.496 e. The molecule has 6 heteroatoms. The van der Waals surface area contributed by atoms with Gasteiger partial charge in [-0.2, -0.15) is 0 Å². The lowest BCUT2D eigenvalue weighted by molar-refractivity contribution is -0.122. The van der Waals surface area contributed by atoms with Crippen molar-refractivity contribution < 1.29 is 13.9 Å². The van der Waals surface area contributed by atoms with Gasteiger partial charge in [0, 0.05) is 50.4 Å². The Hall–Kier alpha value is -2.44. The molecule has 0 aliphatic carbocycles. The number of hydrogen-bond acceptors (Lipinski definition) is 4. The Morgan fingerprint density at radius 1 is 1.07 bits per heavy atom. The summed E-state index contributed by atoms with van der Waals surface area (Å²) in [6.07, 6.45) is 0. The largest absolute Gasteiger partial charge is 0.496 e. The summed E-state index contributed by atoms with van der Waals surface area (Å²) in [6.45, 7) is 6.96. The Labute approximate surface area is 166 Å². The second-order valence-corrected chi connectivity index (χ2v) is 7.24. The number of benzene rings is 2. The molecular weight excluding hydrogens is 357 g/mol. The fraction of sp³-hybridized carbons (Fsp3) is 0.409. The first-order valence-electron chi connectivity index (χ1n) is 9.63. The number of carbonyl (C=O) groups excluding carboxylic acids is 1. The highest BCUT2D eigenvalue weighted by atomic mass is 19.1. The van der Waals surface area contributed by atoms with Gasteiger partial charge < -0.3 is 10.1 Å². The second-order valence-electron chi connectivity index (χ2n) is 7.24. The average molecular weight is 385 g/mol. The van der Waals surface area contributed by atoms with Crippen LogP contribution in [0.2, 0.25) is 0 Å². The number of amides is 1. The summed E-state index contributed by atoms with van der Waals surface area (Å²) < 4.78 is 19.1. The fourth-order valence-corrected chi connectivity index (χ4v) is 3.47. The molecule has 0 atom stereocenters. The topological polar surface area (TPSA) is 44.8 Å². The highest BCUT2D eigenvalue weighted by Gasteiger charge is 2.20. The molecule has 1 fully saturated rings. The van der Waals surface area contributed by atoms with E-state index in [4.69, 9.17) is 4.74 Å². The van der Waals surface area contributed by atoms with Crippen molar-refractivity contribution in [1.82, 2.24) is 15.1 Å². The zero-order valence-corrected chi connectivity index (χ0v) is 16.6. The lowest BCUT2D eigenvalue weighted by Crippen LogP contribution is -2.49. The molecule has 0 bridgehead atoms. The summed E-state index contributed by atoms with van der Waals surface area (Å²) in [5, 5.41) is 2.81. The summed E-state index contributed by atoms with van der Waals surface area (Å²) in [5.74, 6) is 0.556. The lowest BCUT2D eigenvalue weighted by atomic mass is 10.1. The van der Waals surface area contributed by atoms with Gasteiger partial charge in [0.1, 0.15) is 11.6 Å². The number of ether oxygens (including phenoxy) is 1. The number of methoxy groups -OCH3 is 1. The van der Waals surface area contributed by atoms with Crippen molar-refractivity contribution >= 4 is 5.91 Å². The third-order valence-electron chi connectivity index (χ3n) is 5.10. The number of piperazine rings is 1. The molecule has 150 valence electrons. The van der Waals surface area contributed by atoms with Crippen molar-refractivity contribution in [1.29, 1.82) is 0 Å². The highest BCUT2D eigenvalue weighted by Crippen LogP contribution is 2.22. The van der Waals surface area contributed by atoms with Crippen molar-refractivity contribution in [2.24, 2.45) is 0 Å². The summed E-state index contributed by atoms with van der Waals surface area (Å²) in [4.78, 5) is 16.7. The smallest absolute Gasteiger partial charge is 0.234 e. The minimum absolute atomic E-state index is 0.0722. The molecule has 0 spiro atoms. The van der Waals surface area contributed by atoms with Crippen LogP contribution in [-0.2, 0) is 17.9 Å². The predicted molar refractivity (Wildman–Crippen MR) is 108 cm³/mol. The van der Waals surface area contributed by atoms with Crippen molar-refractivity contribution in [2.75, 3.05) is 39.8 Å². The van der Waals surface area contributed by atoms with E-state index >= 15 is 0 Å². The van der Waals surface area contributed by atoms with E-state index in [0.29, 0.717) is 12.1 Å². The first-order chi connectivity index (χ1) is 13.5. The number of nitrogens with one attached hydrogen (secondary N) is 1. The number of halogens is 1. The average Bonchev–Trinajstić information content (AvgIpc) is 2.69. The molecule has 3 rings (SSSR count). The Kier molecular flexibility index (Phi) is 7.01. The number of aryl methyl sites for hydroxylation is 1. The minimum atomic E-state index is -0.289. The first-order valence-corrected chi connectivity index (χ1v) is 9.63. The number of carbonyl (C=O) groups is 1. The van der Waals surface area contributed by atoms with Gasteiger partial charge in [-0.1, -0.05) is 35.9 Å². The highest BCUT2D eigenvalue weighted by molar-refractivity contribution is 5.78. The van der Waals surface area contributed by atoms with E-state index in [0.717, 1.165) is 38.5 Å². The molecule has 0 aromatic heterocycles. The van der Waals surface area contributed by atoms with Crippen LogP contribution in [0.25, 0.3) is 0 Å². The molecule has 0 saturated carbocycles. The second kappa shape index (κ2) is 9.66. The number of hydrogen-bond donors (Lipinski definition) is 1. The van der Waals surface area contributed by atoms with Crippen molar-refractivity contribution in [3.8, 4) is 5.75 Å². The van der Waals surface area contributed by atoms with Crippen molar-refractivity contribution in [3.63, 3.8) is 0 Å². The van der Waals surface area contributed by atoms with E-state index in [1.165, 1.54) is 17.2 Å². The molecule has 1 heterocycles. The van der Waals surface area contributed by atoms with Crippen LogP contribution in [0, 0.1) is 12.7 Å². The third-order valence-corrected chi connectivity index (χ3v) is 5.10. The van der Waals surface area contributed by atoms with Gasteiger partial charge in [0.15, 0.2) is 0 Å². The van der Waals surface area contributed by atoms with E-state index in [-0.39, 0.29) is 18.3 Å². The Morgan fingerprint density at radius 3 is 2.50 bits per heavy atom. The SMILES string of the molecule is COc1ccc(C)cc1CN1CCN(CC(=O)NCc2ccccc2F)CC1. The van der Waals surface area contributed by atoms with Gasteiger partial charge in [-0.05, 0) is 19.1 Å². The molecule has 0 radical (unpaired) electrons. The molecular formula is C22H28FN3O2. The first kappa shape index (κ1) is 20.3. The quantitative estimate of drug-likeness (QED) is 0.796. The van der Waals surface area contributed by atoms with Crippen LogP contribution in [0.4, 0.5) is 4.39 Å². The van der Waals surface area contributed by atoms with Crippen molar-refractivity contribution in [3.05, 3.63) is 65.0 Å². The van der Waals surface area contributed by atoms with Crippen LogP contribution in [0.1, 0.15) is 16.7 Å². The summed E-state index contributed by atoms with van der Waals surface area (Å²) >= 11 is 0. The Balaban J connectivity index is 1.43.